The number of nitrogens with zero attached hydrogens (tertiary/aromatic N) is 4. The number of benzene rings is 1. The lowest BCUT2D eigenvalue weighted by molar-refractivity contribution is 0.0746. The maximum Gasteiger partial charge on any atom is 0.255 e. The van der Waals surface area contributed by atoms with Gasteiger partial charge in [0, 0.05) is 49.6 Å². The van der Waals surface area contributed by atoms with Crippen molar-refractivity contribution in [1.82, 2.24) is 14.9 Å². The standard InChI is InChI=1S/C20H20N4O/c1-15-18(13-16-14-21-8-7-19(16)22-15)20(25)24-11-9-23(10-12-24)17-5-3-2-4-6-17/h2-8,13-14H,9-12H2,1H3. The molecule has 1 aliphatic rings. The highest BCUT2D eigenvalue weighted by Gasteiger charge is 2.24. The van der Waals surface area contributed by atoms with Crippen LogP contribution >= 0.6 is 0 Å². The first-order valence-electron chi connectivity index (χ1n) is 8.53. The Morgan fingerprint density at radius 2 is 1.80 bits per heavy atom. The molecule has 0 spiro atoms. The van der Waals surface area contributed by atoms with E-state index in [2.05, 4.69) is 27.0 Å². The van der Waals surface area contributed by atoms with Crippen LogP contribution < -0.4 is 4.90 Å². The lowest BCUT2D eigenvalue weighted by atomic mass is 10.1. The van der Waals surface area contributed by atoms with Gasteiger partial charge in [-0.15, -0.1) is 0 Å². The van der Waals surface area contributed by atoms with Gasteiger partial charge in [0.15, 0.2) is 0 Å². The largest absolute Gasteiger partial charge is 0.368 e. The van der Waals surface area contributed by atoms with Crippen LogP contribution in [0.4, 0.5) is 5.69 Å². The number of hydrogen-bond acceptors (Lipinski definition) is 4. The number of para-hydroxylation sites is 1. The first-order valence-corrected chi connectivity index (χ1v) is 8.53. The Labute approximate surface area is 146 Å². The topological polar surface area (TPSA) is 49.3 Å². The molecule has 1 fully saturated rings. The van der Waals surface area contributed by atoms with Crippen molar-refractivity contribution in [1.29, 1.82) is 0 Å². The molecule has 1 aromatic carbocycles. The maximum atomic E-state index is 13.0. The molecule has 1 saturated heterocycles. The molecule has 0 radical (unpaired) electrons. The molecule has 0 saturated carbocycles. The van der Waals surface area contributed by atoms with Gasteiger partial charge in [-0.2, -0.15) is 0 Å². The molecule has 25 heavy (non-hydrogen) atoms. The van der Waals surface area contributed by atoms with Crippen LogP contribution in [0.5, 0.6) is 0 Å². The van der Waals surface area contributed by atoms with E-state index in [9.17, 15) is 4.79 Å². The molecular weight excluding hydrogens is 312 g/mol. The summed E-state index contributed by atoms with van der Waals surface area (Å²) in [7, 11) is 0. The molecule has 0 bridgehead atoms. The summed E-state index contributed by atoms with van der Waals surface area (Å²) in [6, 6.07) is 14.1. The predicted molar refractivity (Wildman–Crippen MR) is 98.8 cm³/mol. The van der Waals surface area contributed by atoms with Crippen LogP contribution in [0.3, 0.4) is 0 Å². The first kappa shape index (κ1) is 15.6. The molecule has 3 aromatic rings. The van der Waals surface area contributed by atoms with Crippen LogP contribution in [0.15, 0.2) is 54.9 Å². The van der Waals surface area contributed by atoms with Crippen molar-refractivity contribution >= 4 is 22.5 Å². The summed E-state index contributed by atoms with van der Waals surface area (Å²) < 4.78 is 0. The van der Waals surface area contributed by atoms with Gasteiger partial charge in [0.1, 0.15) is 0 Å². The van der Waals surface area contributed by atoms with Gasteiger partial charge in [0.05, 0.1) is 16.8 Å². The highest BCUT2D eigenvalue weighted by molar-refractivity contribution is 5.98. The van der Waals surface area contributed by atoms with Gasteiger partial charge < -0.3 is 9.80 Å². The van der Waals surface area contributed by atoms with Crippen molar-refractivity contribution in [2.75, 3.05) is 31.1 Å². The van der Waals surface area contributed by atoms with E-state index in [1.165, 1.54) is 5.69 Å². The molecule has 2 aromatic heterocycles. The number of pyridine rings is 2. The van der Waals surface area contributed by atoms with Gasteiger partial charge >= 0.3 is 0 Å². The van der Waals surface area contributed by atoms with Crippen LogP contribution in [0.25, 0.3) is 10.9 Å². The minimum Gasteiger partial charge on any atom is -0.368 e. The minimum absolute atomic E-state index is 0.0588. The van der Waals surface area contributed by atoms with E-state index < -0.39 is 0 Å². The molecule has 1 aliphatic heterocycles. The summed E-state index contributed by atoms with van der Waals surface area (Å²) >= 11 is 0. The lowest BCUT2D eigenvalue weighted by Gasteiger charge is -2.36. The second kappa shape index (κ2) is 6.51. The molecule has 126 valence electrons. The summed E-state index contributed by atoms with van der Waals surface area (Å²) in [5, 5.41) is 0.902. The fourth-order valence-electron chi connectivity index (χ4n) is 3.31. The number of hydrogen-bond donors (Lipinski definition) is 0. The Morgan fingerprint density at radius 1 is 1.04 bits per heavy atom. The molecule has 5 heteroatoms. The van der Waals surface area contributed by atoms with E-state index in [0.717, 1.165) is 42.8 Å². The van der Waals surface area contributed by atoms with Gasteiger partial charge in [0.2, 0.25) is 0 Å². The van der Waals surface area contributed by atoms with Crippen LogP contribution in [-0.4, -0.2) is 47.0 Å². The Hall–Kier alpha value is -2.95. The third kappa shape index (κ3) is 3.05. The van der Waals surface area contributed by atoms with E-state index in [1.807, 2.05) is 42.2 Å². The SMILES string of the molecule is Cc1nc2ccncc2cc1C(=O)N1CCN(c2ccccc2)CC1. The highest BCUT2D eigenvalue weighted by atomic mass is 16.2. The summed E-state index contributed by atoms with van der Waals surface area (Å²) in [4.78, 5) is 25.9. The number of aryl methyl sites for hydroxylation is 1. The maximum absolute atomic E-state index is 13.0. The number of amides is 1. The molecule has 0 aliphatic carbocycles. The Morgan fingerprint density at radius 3 is 2.56 bits per heavy atom. The van der Waals surface area contributed by atoms with Gasteiger partial charge in [-0.1, -0.05) is 18.2 Å². The Kier molecular flexibility index (Phi) is 4.06. The zero-order valence-corrected chi connectivity index (χ0v) is 14.2. The minimum atomic E-state index is 0.0588. The summed E-state index contributed by atoms with van der Waals surface area (Å²) in [6.07, 6.45) is 3.48. The quantitative estimate of drug-likeness (QED) is 0.724. The molecule has 0 unspecified atom stereocenters. The number of carbonyl (C=O) groups is 1. The van der Waals surface area contributed by atoms with E-state index in [-0.39, 0.29) is 5.91 Å². The van der Waals surface area contributed by atoms with E-state index in [1.54, 1.807) is 12.4 Å². The predicted octanol–water partition coefficient (Wildman–Crippen LogP) is 2.90. The van der Waals surface area contributed by atoms with Crippen LogP contribution in [0, 0.1) is 6.92 Å². The van der Waals surface area contributed by atoms with E-state index in [4.69, 9.17) is 0 Å². The average molecular weight is 332 g/mol. The highest BCUT2D eigenvalue weighted by Crippen LogP contribution is 2.20. The lowest BCUT2D eigenvalue weighted by Crippen LogP contribution is -2.49. The van der Waals surface area contributed by atoms with Crippen molar-refractivity contribution in [3.05, 3.63) is 66.1 Å². The summed E-state index contributed by atoms with van der Waals surface area (Å²) in [5.74, 6) is 0.0588. The summed E-state index contributed by atoms with van der Waals surface area (Å²) in [5.41, 5.74) is 3.53. The normalized spacial score (nSPS) is 14.8. The first-order chi connectivity index (χ1) is 12.2. The van der Waals surface area contributed by atoms with Gasteiger partial charge in [0.25, 0.3) is 5.91 Å². The Balaban J connectivity index is 1.52. The second-order valence-electron chi connectivity index (χ2n) is 6.30. The van der Waals surface area contributed by atoms with Crippen LogP contribution in [0.1, 0.15) is 16.1 Å². The van der Waals surface area contributed by atoms with Crippen LogP contribution in [-0.2, 0) is 0 Å². The molecular formula is C20H20N4O. The fourth-order valence-corrected chi connectivity index (χ4v) is 3.31. The van der Waals surface area contributed by atoms with Gasteiger partial charge in [-0.05, 0) is 31.2 Å². The van der Waals surface area contributed by atoms with Gasteiger partial charge in [-0.25, -0.2) is 0 Å². The molecule has 1 amide bonds. The third-order valence-electron chi connectivity index (χ3n) is 4.72. The Bertz CT molecular complexity index is 902. The smallest absolute Gasteiger partial charge is 0.255 e. The number of fused-ring (bicyclic) bond motifs is 1. The summed E-state index contributed by atoms with van der Waals surface area (Å²) in [6.45, 7) is 5.03. The van der Waals surface area contributed by atoms with E-state index >= 15 is 0 Å². The molecule has 4 rings (SSSR count). The van der Waals surface area contributed by atoms with Gasteiger partial charge in [-0.3, -0.25) is 14.8 Å². The zero-order valence-electron chi connectivity index (χ0n) is 14.2. The van der Waals surface area contributed by atoms with Crippen molar-refractivity contribution in [3.8, 4) is 0 Å². The number of anilines is 1. The molecule has 0 N–H and O–H groups in total. The number of rotatable bonds is 2. The average Bonchev–Trinajstić information content (AvgIpc) is 2.68. The zero-order chi connectivity index (χ0) is 17.2. The number of aromatic nitrogens is 2. The van der Waals surface area contributed by atoms with Crippen LogP contribution in [0.2, 0.25) is 0 Å². The monoisotopic (exact) mass is 332 g/mol. The van der Waals surface area contributed by atoms with Crippen molar-refractivity contribution in [3.63, 3.8) is 0 Å². The van der Waals surface area contributed by atoms with Crippen molar-refractivity contribution < 1.29 is 4.79 Å². The second-order valence-corrected chi connectivity index (χ2v) is 6.30. The van der Waals surface area contributed by atoms with E-state index in [0.29, 0.717) is 5.56 Å². The fraction of sp³-hybridized carbons (Fsp3) is 0.250. The number of carbonyl (C=O) groups excluding carboxylic acids is 1. The van der Waals surface area contributed by atoms with Crippen molar-refractivity contribution in [2.45, 2.75) is 6.92 Å². The number of piperazine rings is 1. The molecule has 0 atom stereocenters. The van der Waals surface area contributed by atoms with Crippen molar-refractivity contribution in [2.24, 2.45) is 0 Å². The third-order valence-corrected chi connectivity index (χ3v) is 4.72. The molecule has 3 heterocycles. The molecule has 5 nitrogen and oxygen atoms in total.